The van der Waals surface area contributed by atoms with Crippen LogP contribution in [0.15, 0.2) is 0 Å². The van der Waals surface area contributed by atoms with E-state index >= 15 is 0 Å². The van der Waals surface area contributed by atoms with Gasteiger partial charge in [0.05, 0.1) is 6.61 Å². The molecule has 0 radical (unpaired) electrons. The van der Waals surface area contributed by atoms with Crippen molar-refractivity contribution in [2.45, 2.75) is 90.8 Å². The van der Waals surface area contributed by atoms with Crippen molar-refractivity contribution in [3.05, 3.63) is 0 Å². The molecule has 1 rings (SSSR count). The van der Waals surface area contributed by atoms with Gasteiger partial charge in [0.2, 0.25) is 0 Å². The summed E-state index contributed by atoms with van der Waals surface area (Å²) in [5.74, 6) is 0. The molecule has 1 N–H and O–H groups in total. The zero-order chi connectivity index (χ0) is 14.5. The Morgan fingerprint density at radius 2 is 1.63 bits per heavy atom. The van der Waals surface area contributed by atoms with E-state index in [2.05, 4.69) is 51.9 Å². The van der Waals surface area contributed by atoms with Gasteiger partial charge in [0, 0.05) is 17.1 Å². The monoisotopic (exact) mass is 270 g/mol. The van der Waals surface area contributed by atoms with Crippen molar-refractivity contribution in [1.82, 2.24) is 10.4 Å². The Kier molecular flexibility index (Phi) is 6.28. The van der Waals surface area contributed by atoms with E-state index in [1.54, 1.807) is 0 Å². The van der Waals surface area contributed by atoms with Gasteiger partial charge in [-0.2, -0.15) is 5.06 Å². The van der Waals surface area contributed by atoms with Gasteiger partial charge in [0.1, 0.15) is 0 Å². The minimum atomic E-state index is 0.0980. The highest BCUT2D eigenvalue weighted by Gasteiger charge is 2.46. The third-order valence-electron chi connectivity index (χ3n) is 3.98. The maximum Gasteiger partial charge on any atom is 0.0683 e. The number of rotatable bonds is 7. The van der Waals surface area contributed by atoms with Crippen molar-refractivity contribution in [2.75, 3.05) is 13.2 Å². The van der Waals surface area contributed by atoms with Crippen LogP contribution in [-0.2, 0) is 4.84 Å². The van der Waals surface area contributed by atoms with Crippen molar-refractivity contribution in [3.63, 3.8) is 0 Å². The molecule has 1 heterocycles. The number of hydroxylamine groups is 2. The van der Waals surface area contributed by atoms with Crippen LogP contribution in [0.5, 0.6) is 0 Å². The Morgan fingerprint density at radius 3 is 2.11 bits per heavy atom. The molecule has 19 heavy (non-hydrogen) atoms. The van der Waals surface area contributed by atoms with Gasteiger partial charge in [0.15, 0.2) is 0 Å². The van der Waals surface area contributed by atoms with Crippen LogP contribution < -0.4 is 5.32 Å². The second-order valence-corrected chi connectivity index (χ2v) is 7.17. The Labute approximate surface area is 120 Å². The summed E-state index contributed by atoms with van der Waals surface area (Å²) >= 11 is 0. The highest BCUT2D eigenvalue weighted by Crippen LogP contribution is 2.38. The molecule has 3 heteroatoms. The van der Waals surface area contributed by atoms with E-state index < -0.39 is 0 Å². The standard InChI is InChI=1S/C16H34N2O/c1-7-9-10-17-14-12-15(3,4)18(19-11-8-2)16(5,6)13-14/h14,17H,7-13H2,1-6H3. The minimum Gasteiger partial charge on any atom is -0.314 e. The predicted octanol–water partition coefficient (Wildman–Crippen LogP) is 3.74. The first-order chi connectivity index (χ1) is 8.83. The summed E-state index contributed by atoms with van der Waals surface area (Å²) in [7, 11) is 0. The maximum absolute atomic E-state index is 6.04. The molecule has 0 saturated carbocycles. The summed E-state index contributed by atoms with van der Waals surface area (Å²) in [5, 5.41) is 5.98. The number of piperidine rings is 1. The maximum atomic E-state index is 6.04. The van der Waals surface area contributed by atoms with E-state index in [-0.39, 0.29) is 11.1 Å². The Balaban J connectivity index is 2.64. The van der Waals surface area contributed by atoms with E-state index in [0.717, 1.165) is 32.4 Å². The van der Waals surface area contributed by atoms with Crippen LogP contribution in [0.3, 0.4) is 0 Å². The first-order valence-electron chi connectivity index (χ1n) is 8.00. The molecule has 1 aliphatic heterocycles. The first kappa shape index (κ1) is 16.9. The Hall–Kier alpha value is -0.120. The van der Waals surface area contributed by atoms with E-state index in [0.29, 0.717) is 6.04 Å². The molecule has 1 fully saturated rings. The molecule has 1 aliphatic rings. The summed E-state index contributed by atoms with van der Waals surface area (Å²) < 4.78 is 0. The fourth-order valence-electron chi connectivity index (χ4n) is 3.42. The lowest BCUT2D eigenvalue weighted by Crippen LogP contribution is -2.63. The summed E-state index contributed by atoms with van der Waals surface area (Å²) in [6.07, 6.45) is 5.92. The fourth-order valence-corrected chi connectivity index (χ4v) is 3.42. The second-order valence-electron chi connectivity index (χ2n) is 7.17. The summed E-state index contributed by atoms with van der Waals surface area (Å²) in [4.78, 5) is 6.04. The quantitative estimate of drug-likeness (QED) is 0.713. The lowest BCUT2D eigenvalue weighted by molar-refractivity contribution is -0.283. The topological polar surface area (TPSA) is 24.5 Å². The van der Waals surface area contributed by atoms with Crippen LogP contribution >= 0.6 is 0 Å². The highest BCUT2D eigenvalue weighted by molar-refractivity contribution is 4.99. The van der Waals surface area contributed by atoms with Gasteiger partial charge in [-0.1, -0.05) is 20.3 Å². The van der Waals surface area contributed by atoms with Crippen LogP contribution in [0.4, 0.5) is 0 Å². The molecule has 114 valence electrons. The number of hydrogen-bond acceptors (Lipinski definition) is 3. The van der Waals surface area contributed by atoms with E-state index in [1.807, 2.05) is 0 Å². The molecule has 0 spiro atoms. The van der Waals surface area contributed by atoms with Gasteiger partial charge >= 0.3 is 0 Å². The van der Waals surface area contributed by atoms with Crippen molar-refractivity contribution in [2.24, 2.45) is 0 Å². The lowest BCUT2D eigenvalue weighted by atomic mass is 9.79. The smallest absolute Gasteiger partial charge is 0.0683 e. The average Bonchev–Trinajstić information content (AvgIpc) is 2.26. The number of nitrogens with zero attached hydrogens (tertiary/aromatic N) is 1. The molecule has 1 saturated heterocycles. The summed E-state index contributed by atoms with van der Waals surface area (Å²) in [6, 6.07) is 0.609. The second kappa shape index (κ2) is 7.05. The number of unbranched alkanes of at least 4 members (excludes halogenated alkanes) is 1. The molecule has 0 amide bonds. The van der Waals surface area contributed by atoms with Crippen molar-refractivity contribution >= 4 is 0 Å². The normalized spacial score (nSPS) is 23.7. The van der Waals surface area contributed by atoms with Crippen molar-refractivity contribution in [3.8, 4) is 0 Å². The van der Waals surface area contributed by atoms with Gasteiger partial charge in [0.25, 0.3) is 0 Å². The van der Waals surface area contributed by atoms with Gasteiger partial charge in [-0.15, -0.1) is 0 Å². The highest BCUT2D eigenvalue weighted by atomic mass is 16.7. The summed E-state index contributed by atoms with van der Waals surface area (Å²) in [6.45, 7) is 15.6. The van der Waals surface area contributed by atoms with Crippen molar-refractivity contribution < 1.29 is 4.84 Å². The zero-order valence-corrected chi connectivity index (χ0v) is 13.9. The fraction of sp³-hybridized carbons (Fsp3) is 1.00. The van der Waals surface area contributed by atoms with Gasteiger partial charge in [-0.05, 0) is 59.9 Å². The third-order valence-corrected chi connectivity index (χ3v) is 3.98. The van der Waals surface area contributed by atoms with Crippen LogP contribution in [0.1, 0.15) is 73.6 Å². The zero-order valence-electron chi connectivity index (χ0n) is 13.9. The molecule has 0 aromatic heterocycles. The Bertz CT molecular complexity index is 245. The van der Waals surface area contributed by atoms with Crippen molar-refractivity contribution in [1.29, 1.82) is 0 Å². The minimum absolute atomic E-state index is 0.0980. The Morgan fingerprint density at radius 1 is 1.05 bits per heavy atom. The lowest BCUT2D eigenvalue weighted by Gasteiger charge is -2.54. The van der Waals surface area contributed by atoms with Gasteiger partial charge in [-0.25, -0.2) is 0 Å². The van der Waals surface area contributed by atoms with E-state index in [4.69, 9.17) is 4.84 Å². The van der Waals surface area contributed by atoms with E-state index in [1.165, 1.54) is 12.8 Å². The largest absolute Gasteiger partial charge is 0.314 e. The molecule has 3 nitrogen and oxygen atoms in total. The average molecular weight is 270 g/mol. The molecule has 0 aromatic carbocycles. The third kappa shape index (κ3) is 4.73. The van der Waals surface area contributed by atoms with Crippen LogP contribution in [0.2, 0.25) is 0 Å². The molecule has 0 bridgehead atoms. The molecule has 0 aliphatic carbocycles. The first-order valence-corrected chi connectivity index (χ1v) is 8.00. The van der Waals surface area contributed by atoms with E-state index in [9.17, 15) is 0 Å². The number of hydrogen-bond donors (Lipinski definition) is 1. The van der Waals surface area contributed by atoms with Crippen LogP contribution in [0, 0.1) is 0 Å². The molecule has 0 aromatic rings. The SMILES string of the molecule is CCCCNC1CC(C)(C)N(OCCC)C(C)(C)C1. The van der Waals surface area contributed by atoms with Crippen LogP contribution in [0.25, 0.3) is 0 Å². The predicted molar refractivity (Wildman–Crippen MR) is 82.2 cm³/mol. The molecular formula is C16H34N2O. The van der Waals surface area contributed by atoms with Crippen LogP contribution in [-0.4, -0.2) is 35.3 Å². The van der Waals surface area contributed by atoms with Gasteiger partial charge in [-0.3, -0.25) is 4.84 Å². The number of nitrogens with one attached hydrogen (secondary N) is 1. The molecule has 0 unspecified atom stereocenters. The molecular weight excluding hydrogens is 236 g/mol. The van der Waals surface area contributed by atoms with Gasteiger partial charge < -0.3 is 5.32 Å². The molecule has 0 atom stereocenters. The summed E-state index contributed by atoms with van der Waals surface area (Å²) in [5.41, 5.74) is 0.196.